The molecule has 2 atom stereocenters. The second-order valence-corrected chi connectivity index (χ2v) is 29.2. The molecule has 2 unspecified atom stereocenters. The minimum atomic E-state index is -4.40. The summed E-state index contributed by atoms with van der Waals surface area (Å²) in [5, 5.41) is 0. The Bertz CT molecular complexity index is 1960. The largest absolute Gasteiger partial charge is 0.472 e. The molecule has 0 fully saturated rings. The number of carbonyl (C=O) groups excluding carboxylic acids is 2. The average molecular weight is 1330 g/mol. The standard InChI is InChI=1S/C84H150NO8P/c1-6-8-10-12-14-16-18-20-22-24-26-28-30-32-34-36-38-40-41-42-43-45-46-48-50-52-54-56-58-60-62-64-66-68-70-72-74-76-83(86)90-80-82(81-92-94(88,89)91-79-78-85(3,4)5)93-84(87)77-75-73-71-69-67-65-63-61-59-57-55-53-51-49-47-44-39-37-35-33-31-29-27-25-23-21-19-17-15-13-11-9-7-2/h9,11,15,17-18,20-21,23-24,26-27,29,33,35,39,44,49,51,82H,6-8,10,12-14,16,19,22,25,28,30-32,34,36-38,40-43,45-48,50,52-81H2,1-5H3/p+1/b11-9-,17-15-,20-18-,23-21-,26-24-,29-27-,35-33-,44-39-,51-49-. The van der Waals surface area contributed by atoms with Crippen molar-refractivity contribution in [3.05, 3.63) is 109 Å². The van der Waals surface area contributed by atoms with Gasteiger partial charge in [-0.1, -0.05) is 354 Å². The van der Waals surface area contributed by atoms with Crippen molar-refractivity contribution in [2.24, 2.45) is 0 Å². The number of hydrogen-bond acceptors (Lipinski definition) is 7. The average Bonchev–Trinajstić information content (AvgIpc) is 1.56. The van der Waals surface area contributed by atoms with Gasteiger partial charge in [-0.05, 0) is 103 Å². The molecule has 9 nitrogen and oxygen atoms in total. The number of unbranched alkanes of at least 4 members (excludes halogenated alkanes) is 41. The Morgan fingerprint density at radius 2 is 0.606 bits per heavy atom. The van der Waals surface area contributed by atoms with Gasteiger partial charge in [-0.15, -0.1) is 0 Å². The van der Waals surface area contributed by atoms with Crippen molar-refractivity contribution in [1.29, 1.82) is 0 Å². The molecule has 0 bridgehead atoms. The van der Waals surface area contributed by atoms with Crippen LogP contribution < -0.4 is 0 Å². The quantitative estimate of drug-likeness (QED) is 0.0211. The second kappa shape index (κ2) is 73.9. The lowest BCUT2D eigenvalue weighted by Crippen LogP contribution is -2.37. The van der Waals surface area contributed by atoms with Crippen LogP contribution in [0.4, 0.5) is 0 Å². The third kappa shape index (κ3) is 77.7. The molecule has 0 aromatic rings. The minimum absolute atomic E-state index is 0.0287. The number of allylic oxidation sites excluding steroid dienone is 18. The molecule has 0 spiro atoms. The maximum atomic E-state index is 12.9. The Labute approximate surface area is 582 Å². The maximum absolute atomic E-state index is 12.9. The van der Waals surface area contributed by atoms with Crippen molar-refractivity contribution in [3.8, 4) is 0 Å². The molecular weight excluding hydrogens is 1180 g/mol. The molecule has 0 aliphatic carbocycles. The number of hydrogen-bond donors (Lipinski definition) is 1. The first kappa shape index (κ1) is 90.7. The van der Waals surface area contributed by atoms with Gasteiger partial charge in [0.1, 0.15) is 19.8 Å². The van der Waals surface area contributed by atoms with E-state index in [2.05, 4.69) is 123 Å². The van der Waals surface area contributed by atoms with Crippen LogP contribution in [0.5, 0.6) is 0 Å². The highest BCUT2D eigenvalue weighted by molar-refractivity contribution is 7.47. The van der Waals surface area contributed by atoms with Gasteiger partial charge in [0.05, 0.1) is 27.7 Å². The van der Waals surface area contributed by atoms with Crippen LogP contribution in [0.15, 0.2) is 109 Å². The molecule has 0 aromatic carbocycles. The summed E-state index contributed by atoms with van der Waals surface area (Å²) in [5.41, 5.74) is 0. The summed E-state index contributed by atoms with van der Waals surface area (Å²) in [6.07, 6.45) is 105. The lowest BCUT2D eigenvalue weighted by atomic mass is 10.0. The smallest absolute Gasteiger partial charge is 0.462 e. The summed E-state index contributed by atoms with van der Waals surface area (Å²) >= 11 is 0. The first-order valence-corrected chi connectivity index (χ1v) is 41.1. The molecule has 0 radical (unpaired) electrons. The molecule has 0 aliphatic rings. The fourth-order valence-electron chi connectivity index (χ4n) is 11.3. The number of rotatable bonds is 73. The van der Waals surface area contributed by atoms with Gasteiger partial charge in [0.2, 0.25) is 0 Å². The molecular formula is C84H151NO8P+. The van der Waals surface area contributed by atoms with E-state index in [1.54, 1.807) is 0 Å². The van der Waals surface area contributed by atoms with E-state index in [1.807, 2.05) is 21.1 Å². The van der Waals surface area contributed by atoms with Crippen molar-refractivity contribution < 1.29 is 42.1 Å². The normalized spacial score (nSPS) is 13.6. The first-order valence-electron chi connectivity index (χ1n) is 39.6. The number of esters is 2. The number of phosphoric ester groups is 1. The van der Waals surface area contributed by atoms with E-state index >= 15 is 0 Å². The molecule has 0 aromatic heterocycles. The van der Waals surface area contributed by atoms with Gasteiger partial charge in [0.15, 0.2) is 6.10 Å². The van der Waals surface area contributed by atoms with E-state index in [4.69, 9.17) is 18.5 Å². The van der Waals surface area contributed by atoms with Crippen LogP contribution >= 0.6 is 7.82 Å². The third-order valence-electron chi connectivity index (χ3n) is 17.3. The zero-order valence-corrected chi connectivity index (χ0v) is 63.1. The van der Waals surface area contributed by atoms with E-state index in [9.17, 15) is 19.0 Å². The summed E-state index contributed by atoms with van der Waals surface area (Å²) in [6, 6.07) is 0. The van der Waals surface area contributed by atoms with E-state index in [-0.39, 0.29) is 32.0 Å². The summed E-state index contributed by atoms with van der Waals surface area (Å²) in [6.45, 7) is 4.35. The maximum Gasteiger partial charge on any atom is 0.472 e. The highest BCUT2D eigenvalue weighted by Gasteiger charge is 2.27. The fourth-order valence-corrected chi connectivity index (χ4v) is 12.0. The zero-order valence-electron chi connectivity index (χ0n) is 62.2. The predicted molar refractivity (Wildman–Crippen MR) is 408 cm³/mol. The van der Waals surface area contributed by atoms with Crippen molar-refractivity contribution >= 4 is 19.8 Å². The van der Waals surface area contributed by atoms with Crippen molar-refractivity contribution in [2.45, 2.75) is 367 Å². The Kier molecular flexibility index (Phi) is 71.3. The highest BCUT2D eigenvalue weighted by Crippen LogP contribution is 2.43. The van der Waals surface area contributed by atoms with Gasteiger partial charge in [0.25, 0.3) is 0 Å². The number of likely N-dealkylation sites (N-methyl/N-ethyl adjacent to an activating group) is 1. The van der Waals surface area contributed by atoms with E-state index in [0.29, 0.717) is 17.4 Å². The molecule has 544 valence electrons. The Hall–Kier alpha value is -3.33. The molecule has 1 N–H and O–H groups in total. The molecule has 0 amide bonds. The van der Waals surface area contributed by atoms with Crippen LogP contribution in [-0.2, 0) is 32.7 Å². The van der Waals surface area contributed by atoms with E-state index in [0.717, 1.165) is 96.3 Å². The van der Waals surface area contributed by atoms with Gasteiger partial charge in [-0.2, -0.15) is 0 Å². The van der Waals surface area contributed by atoms with Crippen LogP contribution in [0, 0.1) is 0 Å². The first-order chi connectivity index (χ1) is 46.0. The van der Waals surface area contributed by atoms with Crippen molar-refractivity contribution in [1.82, 2.24) is 0 Å². The van der Waals surface area contributed by atoms with Crippen LogP contribution in [0.2, 0.25) is 0 Å². The zero-order chi connectivity index (χ0) is 68.3. The number of carbonyl (C=O) groups is 2. The number of nitrogens with zero attached hydrogens (tertiary/aromatic N) is 1. The Morgan fingerprint density at radius 3 is 0.904 bits per heavy atom. The highest BCUT2D eigenvalue weighted by atomic mass is 31.2. The molecule has 0 aliphatic heterocycles. The van der Waals surface area contributed by atoms with Crippen LogP contribution in [0.3, 0.4) is 0 Å². The molecule has 0 heterocycles. The summed E-state index contributed by atoms with van der Waals surface area (Å²) in [4.78, 5) is 36.0. The monoisotopic (exact) mass is 1330 g/mol. The lowest BCUT2D eigenvalue weighted by molar-refractivity contribution is -0.870. The second-order valence-electron chi connectivity index (χ2n) is 27.7. The molecule has 0 saturated heterocycles. The van der Waals surface area contributed by atoms with Crippen molar-refractivity contribution in [2.75, 3.05) is 47.5 Å². The third-order valence-corrected chi connectivity index (χ3v) is 18.3. The predicted octanol–water partition coefficient (Wildman–Crippen LogP) is 26.4. The SMILES string of the molecule is CC/C=C\C/C=C\C/C=C\C/C=C\C/C=C\C/C=C\C/C=C\CCCCCCCCCCCCCC(=O)OC(COC(=O)CCCCCCCCCCCCCCCCCCCCCCCCCCC/C=C\C/C=C\CCCCCCC)COP(=O)(O)OCC[N+](C)(C)C. The summed E-state index contributed by atoms with van der Waals surface area (Å²) in [5.74, 6) is -0.790. The Balaban J connectivity index is 3.97. The van der Waals surface area contributed by atoms with E-state index in [1.165, 1.54) is 231 Å². The molecule has 94 heavy (non-hydrogen) atoms. The topological polar surface area (TPSA) is 108 Å². The van der Waals surface area contributed by atoms with Crippen LogP contribution in [-0.4, -0.2) is 74.9 Å². The number of quaternary nitrogens is 1. The molecule has 0 saturated carbocycles. The summed E-state index contributed by atoms with van der Waals surface area (Å²) < 4.78 is 34.8. The summed E-state index contributed by atoms with van der Waals surface area (Å²) in [7, 11) is 1.48. The van der Waals surface area contributed by atoms with Gasteiger partial charge in [-0.25, -0.2) is 4.57 Å². The van der Waals surface area contributed by atoms with Crippen molar-refractivity contribution in [3.63, 3.8) is 0 Å². The fraction of sp³-hybridized carbons (Fsp3) is 0.762. The van der Waals surface area contributed by atoms with Gasteiger partial charge in [0, 0.05) is 12.8 Å². The molecule has 10 heteroatoms. The number of phosphoric acid groups is 1. The molecule has 0 rings (SSSR count). The lowest BCUT2D eigenvalue weighted by Gasteiger charge is -2.24. The Morgan fingerprint density at radius 1 is 0.340 bits per heavy atom. The number of ether oxygens (including phenoxy) is 2. The van der Waals surface area contributed by atoms with Crippen LogP contribution in [0.25, 0.3) is 0 Å². The van der Waals surface area contributed by atoms with Crippen LogP contribution in [0.1, 0.15) is 361 Å². The van der Waals surface area contributed by atoms with E-state index < -0.39 is 26.5 Å². The van der Waals surface area contributed by atoms with Gasteiger partial charge < -0.3 is 18.9 Å². The van der Waals surface area contributed by atoms with Gasteiger partial charge in [-0.3, -0.25) is 18.6 Å². The minimum Gasteiger partial charge on any atom is -0.462 e. The van der Waals surface area contributed by atoms with Gasteiger partial charge >= 0.3 is 19.8 Å².